The molecule has 3 aliphatic rings. The van der Waals surface area contributed by atoms with Gasteiger partial charge >= 0.3 is 0 Å². The van der Waals surface area contributed by atoms with Gasteiger partial charge in [0.2, 0.25) is 5.91 Å². The highest BCUT2D eigenvalue weighted by molar-refractivity contribution is 7.86. The summed E-state index contributed by atoms with van der Waals surface area (Å²) >= 11 is 0. The normalized spacial score (nSPS) is 31.2. The first kappa shape index (κ1) is 18.1. The molecule has 1 N–H and O–H groups in total. The third-order valence-electron chi connectivity index (χ3n) is 5.98. The summed E-state index contributed by atoms with van der Waals surface area (Å²) in [5.41, 5.74) is 0. The van der Waals surface area contributed by atoms with Crippen molar-refractivity contribution < 1.29 is 13.2 Å². The number of nitrogens with zero attached hydrogens (tertiary/aromatic N) is 2. The number of hydrogen-bond acceptors (Lipinski definition) is 3. The van der Waals surface area contributed by atoms with Crippen LogP contribution in [0.1, 0.15) is 58.3 Å². The minimum atomic E-state index is -3.31. The minimum Gasteiger partial charge on any atom is -0.353 e. The quantitative estimate of drug-likeness (QED) is 0.833. The summed E-state index contributed by atoms with van der Waals surface area (Å²) in [5.74, 6) is 0.648. The van der Waals surface area contributed by atoms with Crippen molar-refractivity contribution >= 4 is 16.1 Å². The number of piperidine rings is 1. The first-order valence-electron chi connectivity index (χ1n) is 9.54. The van der Waals surface area contributed by atoms with Crippen LogP contribution in [0.4, 0.5) is 0 Å². The van der Waals surface area contributed by atoms with Crippen molar-refractivity contribution in [2.75, 3.05) is 26.2 Å². The topological polar surface area (TPSA) is 69.7 Å². The van der Waals surface area contributed by atoms with Gasteiger partial charge in [0.25, 0.3) is 10.2 Å². The highest BCUT2D eigenvalue weighted by Gasteiger charge is 2.36. The Labute approximate surface area is 146 Å². The summed E-state index contributed by atoms with van der Waals surface area (Å²) in [6.07, 6.45) is 7.92. The lowest BCUT2D eigenvalue weighted by Gasteiger charge is -2.35. The summed E-state index contributed by atoms with van der Waals surface area (Å²) in [4.78, 5) is 12.5. The van der Waals surface area contributed by atoms with E-state index in [1.807, 2.05) is 0 Å². The lowest BCUT2D eigenvalue weighted by molar-refractivity contribution is -0.127. The molecule has 1 aliphatic carbocycles. The summed E-state index contributed by atoms with van der Waals surface area (Å²) < 4.78 is 28.3. The van der Waals surface area contributed by atoms with Gasteiger partial charge in [-0.1, -0.05) is 19.8 Å². The monoisotopic (exact) mass is 357 g/mol. The van der Waals surface area contributed by atoms with Gasteiger partial charge in [0.15, 0.2) is 0 Å². The second-order valence-corrected chi connectivity index (χ2v) is 9.59. The lowest BCUT2D eigenvalue weighted by atomic mass is 9.85. The Morgan fingerprint density at radius 3 is 2.08 bits per heavy atom. The molecule has 3 fully saturated rings. The molecule has 2 unspecified atom stereocenters. The summed E-state index contributed by atoms with van der Waals surface area (Å²) in [6.45, 7) is 4.44. The first-order valence-corrected chi connectivity index (χ1v) is 10.9. The molecule has 24 heavy (non-hydrogen) atoms. The molecule has 0 spiro atoms. The number of rotatable bonds is 4. The third-order valence-corrected chi connectivity index (χ3v) is 8.02. The van der Waals surface area contributed by atoms with Crippen LogP contribution in [0.15, 0.2) is 0 Å². The summed E-state index contributed by atoms with van der Waals surface area (Å²) in [5, 5.41) is 3.23. The lowest BCUT2D eigenvalue weighted by Crippen LogP contribution is -2.50. The SMILES string of the molecule is CC1CCCCC1NC(=O)C1CCN(S(=O)(=O)N2CCCC2)CC1. The average Bonchev–Trinajstić information content (AvgIpc) is 3.12. The Bertz CT molecular complexity index is 537. The van der Waals surface area contributed by atoms with E-state index in [0.717, 1.165) is 19.3 Å². The number of amides is 1. The van der Waals surface area contributed by atoms with Gasteiger partial charge in [-0.2, -0.15) is 17.0 Å². The number of hydrogen-bond donors (Lipinski definition) is 1. The standard InChI is InChI=1S/C17H31N3O3S/c1-14-6-2-3-7-16(14)18-17(21)15-8-12-20(13-9-15)24(22,23)19-10-4-5-11-19/h14-16H,2-13H2,1H3,(H,18,21). The molecule has 0 aromatic heterocycles. The molecule has 1 amide bonds. The Hall–Kier alpha value is -0.660. The number of carbonyl (C=O) groups is 1. The van der Waals surface area contributed by atoms with Crippen LogP contribution in [0.3, 0.4) is 0 Å². The zero-order chi connectivity index (χ0) is 17.2. The fraction of sp³-hybridized carbons (Fsp3) is 0.941. The van der Waals surface area contributed by atoms with Crippen LogP contribution < -0.4 is 5.32 Å². The van der Waals surface area contributed by atoms with Gasteiger partial charge < -0.3 is 5.32 Å². The highest BCUT2D eigenvalue weighted by atomic mass is 32.2. The van der Waals surface area contributed by atoms with Crippen molar-refractivity contribution in [2.24, 2.45) is 11.8 Å². The molecular weight excluding hydrogens is 326 g/mol. The largest absolute Gasteiger partial charge is 0.353 e. The van der Waals surface area contributed by atoms with Gasteiger partial charge in [-0.25, -0.2) is 0 Å². The van der Waals surface area contributed by atoms with Crippen molar-refractivity contribution in [3.8, 4) is 0 Å². The maximum absolute atomic E-state index is 12.6. The molecule has 2 atom stereocenters. The van der Waals surface area contributed by atoms with E-state index in [1.54, 1.807) is 8.61 Å². The molecule has 2 heterocycles. The van der Waals surface area contributed by atoms with E-state index < -0.39 is 10.2 Å². The maximum Gasteiger partial charge on any atom is 0.281 e. The van der Waals surface area contributed by atoms with Crippen molar-refractivity contribution in [3.05, 3.63) is 0 Å². The molecule has 0 aromatic carbocycles. The fourth-order valence-corrected chi connectivity index (χ4v) is 5.98. The van der Waals surface area contributed by atoms with Crippen molar-refractivity contribution in [3.63, 3.8) is 0 Å². The molecule has 3 rings (SSSR count). The minimum absolute atomic E-state index is 0.0378. The third kappa shape index (κ3) is 3.94. The molecule has 0 radical (unpaired) electrons. The van der Waals surface area contributed by atoms with Crippen LogP contribution in [0.25, 0.3) is 0 Å². The van der Waals surface area contributed by atoms with Gasteiger partial charge in [0, 0.05) is 38.1 Å². The average molecular weight is 358 g/mol. The molecule has 7 heteroatoms. The van der Waals surface area contributed by atoms with Gasteiger partial charge in [-0.15, -0.1) is 0 Å². The Morgan fingerprint density at radius 1 is 0.875 bits per heavy atom. The van der Waals surface area contributed by atoms with Crippen LogP contribution in [-0.2, 0) is 15.0 Å². The van der Waals surface area contributed by atoms with E-state index in [-0.39, 0.29) is 11.8 Å². The molecule has 1 saturated carbocycles. The summed E-state index contributed by atoms with van der Waals surface area (Å²) in [6, 6.07) is 0.303. The van der Waals surface area contributed by atoms with Gasteiger partial charge in [-0.3, -0.25) is 4.79 Å². The molecule has 2 saturated heterocycles. The van der Waals surface area contributed by atoms with Crippen molar-refractivity contribution in [1.29, 1.82) is 0 Å². The van der Waals surface area contributed by atoms with Crippen LogP contribution in [0, 0.1) is 11.8 Å². The Kier molecular flexibility index (Phi) is 5.82. The van der Waals surface area contributed by atoms with Gasteiger partial charge in [-0.05, 0) is 44.4 Å². The van der Waals surface area contributed by atoms with Crippen LogP contribution in [-0.4, -0.2) is 55.2 Å². The van der Waals surface area contributed by atoms with Gasteiger partial charge in [0.05, 0.1) is 0 Å². The molecular formula is C17H31N3O3S. The Morgan fingerprint density at radius 2 is 1.46 bits per heavy atom. The van der Waals surface area contributed by atoms with E-state index in [4.69, 9.17) is 0 Å². The zero-order valence-electron chi connectivity index (χ0n) is 14.7. The second-order valence-electron chi connectivity index (χ2n) is 7.66. The van der Waals surface area contributed by atoms with E-state index in [2.05, 4.69) is 12.2 Å². The second kappa shape index (κ2) is 7.70. The van der Waals surface area contributed by atoms with Crippen LogP contribution in [0.2, 0.25) is 0 Å². The van der Waals surface area contributed by atoms with E-state index in [9.17, 15) is 13.2 Å². The van der Waals surface area contributed by atoms with Crippen LogP contribution >= 0.6 is 0 Å². The molecule has 6 nitrogen and oxygen atoms in total. The highest BCUT2D eigenvalue weighted by Crippen LogP contribution is 2.26. The van der Waals surface area contributed by atoms with Crippen molar-refractivity contribution in [2.45, 2.75) is 64.3 Å². The number of nitrogens with one attached hydrogen (secondary N) is 1. The van der Waals surface area contributed by atoms with Crippen LogP contribution in [0.5, 0.6) is 0 Å². The molecule has 0 bridgehead atoms. The smallest absolute Gasteiger partial charge is 0.281 e. The number of carbonyl (C=O) groups excluding carboxylic acids is 1. The first-order chi connectivity index (χ1) is 11.5. The predicted molar refractivity (Wildman–Crippen MR) is 93.6 cm³/mol. The van der Waals surface area contributed by atoms with E-state index in [0.29, 0.717) is 51.0 Å². The summed E-state index contributed by atoms with van der Waals surface area (Å²) in [7, 11) is -3.31. The fourth-order valence-electron chi connectivity index (χ4n) is 4.26. The Balaban J connectivity index is 1.50. The van der Waals surface area contributed by atoms with E-state index in [1.165, 1.54) is 19.3 Å². The molecule has 2 aliphatic heterocycles. The van der Waals surface area contributed by atoms with Gasteiger partial charge in [0.1, 0.15) is 0 Å². The molecule has 138 valence electrons. The predicted octanol–water partition coefficient (Wildman–Crippen LogP) is 1.73. The van der Waals surface area contributed by atoms with E-state index >= 15 is 0 Å². The maximum atomic E-state index is 12.6. The molecule has 0 aromatic rings. The zero-order valence-corrected chi connectivity index (χ0v) is 15.6. The van der Waals surface area contributed by atoms with Crippen molar-refractivity contribution in [1.82, 2.24) is 13.9 Å².